The van der Waals surface area contributed by atoms with Crippen LogP contribution in [0.5, 0.6) is 5.75 Å². The molecule has 1 saturated heterocycles. The summed E-state index contributed by atoms with van der Waals surface area (Å²) in [5.41, 5.74) is 1.36. The van der Waals surface area contributed by atoms with Crippen molar-refractivity contribution in [3.05, 3.63) is 63.5 Å². The number of amides is 2. The number of halogens is 1. The highest BCUT2D eigenvalue weighted by molar-refractivity contribution is 9.10. The fourth-order valence-electron chi connectivity index (χ4n) is 2.95. The van der Waals surface area contributed by atoms with Crippen LogP contribution < -0.4 is 5.32 Å². The average molecular weight is 505 g/mol. The predicted molar refractivity (Wildman–Crippen MR) is 129 cm³/mol. The first-order valence-corrected chi connectivity index (χ1v) is 11.5. The first-order chi connectivity index (χ1) is 14.4. The van der Waals surface area contributed by atoms with Gasteiger partial charge in [0, 0.05) is 28.7 Å². The van der Waals surface area contributed by atoms with E-state index in [0.717, 1.165) is 29.4 Å². The molecule has 1 aliphatic heterocycles. The van der Waals surface area contributed by atoms with Crippen molar-refractivity contribution in [3.8, 4) is 5.75 Å². The summed E-state index contributed by atoms with van der Waals surface area (Å²) < 4.78 is 1.33. The van der Waals surface area contributed by atoms with Crippen LogP contribution in [0.1, 0.15) is 31.2 Å². The maximum absolute atomic E-state index is 12.7. The van der Waals surface area contributed by atoms with Crippen LogP contribution >= 0.6 is 39.9 Å². The van der Waals surface area contributed by atoms with E-state index in [1.165, 1.54) is 11.8 Å². The minimum Gasteiger partial charge on any atom is -0.507 e. The summed E-state index contributed by atoms with van der Waals surface area (Å²) in [5, 5.41) is 12.9. The predicted octanol–water partition coefficient (Wildman–Crippen LogP) is 5.56. The number of para-hydroxylation sites is 1. The molecule has 2 N–H and O–H groups in total. The van der Waals surface area contributed by atoms with Gasteiger partial charge in [-0.3, -0.25) is 14.5 Å². The number of carbonyl (C=O) groups is 2. The van der Waals surface area contributed by atoms with E-state index in [2.05, 4.69) is 21.2 Å². The van der Waals surface area contributed by atoms with Crippen LogP contribution in [0, 0.1) is 0 Å². The maximum Gasteiger partial charge on any atom is 0.266 e. The standard InChI is InChI=1S/C22H21BrN2O3S2/c23-16-10-11-18(26)15(13-16)14-19-21(28)25(22(29)30-19)12-6-2-5-9-20(27)24-17-7-3-1-4-8-17/h1,3-4,7-8,10-11,13-14,26H,2,5-6,9,12H2,(H,24,27)/b19-14-. The molecule has 0 aliphatic carbocycles. The zero-order valence-corrected chi connectivity index (χ0v) is 19.4. The van der Waals surface area contributed by atoms with Crippen molar-refractivity contribution in [2.75, 3.05) is 11.9 Å². The Morgan fingerprint density at radius 3 is 2.70 bits per heavy atom. The van der Waals surface area contributed by atoms with Crippen molar-refractivity contribution in [2.45, 2.75) is 25.7 Å². The summed E-state index contributed by atoms with van der Waals surface area (Å²) in [6.45, 7) is 0.521. The van der Waals surface area contributed by atoms with Crippen LogP contribution in [-0.4, -0.2) is 32.7 Å². The van der Waals surface area contributed by atoms with Gasteiger partial charge < -0.3 is 10.4 Å². The number of thiocarbonyl (C=S) groups is 1. The number of anilines is 1. The van der Waals surface area contributed by atoms with Crippen molar-refractivity contribution < 1.29 is 14.7 Å². The highest BCUT2D eigenvalue weighted by Gasteiger charge is 2.31. The van der Waals surface area contributed by atoms with Crippen molar-refractivity contribution in [1.82, 2.24) is 4.90 Å². The summed E-state index contributed by atoms with van der Waals surface area (Å²) in [6, 6.07) is 14.4. The van der Waals surface area contributed by atoms with E-state index in [9.17, 15) is 14.7 Å². The molecule has 2 aromatic rings. The maximum atomic E-state index is 12.7. The van der Waals surface area contributed by atoms with Gasteiger partial charge in [-0.15, -0.1) is 0 Å². The second kappa shape index (κ2) is 10.7. The molecule has 30 heavy (non-hydrogen) atoms. The molecule has 0 aromatic heterocycles. The molecular weight excluding hydrogens is 484 g/mol. The number of nitrogens with one attached hydrogen (secondary N) is 1. The Morgan fingerprint density at radius 1 is 1.17 bits per heavy atom. The van der Waals surface area contributed by atoms with Gasteiger partial charge in [-0.05, 0) is 49.2 Å². The number of hydrogen-bond donors (Lipinski definition) is 2. The van der Waals surface area contributed by atoms with Gasteiger partial charge in [0.1, 0.15) is 10.1 Å². The van der Waals surface area contributed by atoms with Gasteiger partial charge in [-0.25, -0.2) is 0 Å². The van der Waals surface area contributed by atoms with Crippen LogP contribution in [-0.2, 0) is 9.59 Å². The lowest BCUT2D eigenvalue weighted by atomic mass is 10.1. The SMILES string of the molecule is O=C(CCCCCN1C(=O)/C(=C/c2cc(Br)ccc2O)SC1=S)Nc1ccccc1. The van der Waals surface area contributed by atoms with Gasteiger partial charge in [0.15, 0.2) is 0 Å². The first kappa shape index (κ1) is 22.5. The molecule has 1 aliphatic rings. The molecule has 3 rings (SSSR count). The zero-order chi connectivity index (χ0) is 21.5. The Bertz CT molecular complexity index is 980. The lowest BCUT2D eigenvalue weighted by Crippen LogP contribution is -2.29. The number of rotatable bonds is 8. The van der Waals surface area contributed by atoms with E-state index >= 15 is 0 Å². The Labute approximate surface area is 193 Å². The van der Waals surface area contributed by atoms with E-state index in [1.54, 1.807) is 29.2 Å². The number of carbonyl (C=O) groups excluding carboxylic acids is 2. The molecule has 0 atom stereocenters. The number of benzene rings is 2. The first-order valence-electron chi connectivity index (χ1n) is 9.53. The van der Waals surface area contributed by atoms with Gasteiger partial charge in [0.05, 0.1) is 4.91 Å². The lowest BCUT2D eigenvalue weighted by molar-refractivity contribution is -0.122. The molecule has 156 valence electrons. The molecule has 5 nitrogen and oxygen atoms in total. The fraction of sp³-hybridized carbons (Fsp3) is 0.227. The zero-order valence-electron chi connectivity index (χ0n) is 16.1. The Kier molecular flexibility index (Phi) is 8.07. The Morgan fingerprint density at radius 2 is 1.93 bits per heavy atom. The third-order valence-corrected chi connectivity index (χ3v) is 6.36. The fourth-order valence-corrected chi connectivity index (χ4v) is 4.63. The van der Waals surface area contributed by atoms with Gasteiger partial charge in [0.25, 0.3) is 5.91 Å². The van der Waals surface area contributed by atoms with E-state index in [1.807, 2.05) is 30.3 Å². The molecule has 0 spiro atoms. The molecule has 2 amide bonds. The summed E-state index contributed by atoms with van der Waals surface area (Å²) in [5.74, 6) is -0.0491. The van der Waals surface area contributed by atoms with E-state index in [0.29, 0.717) is 27.8 Å². The minimum absolute atomic E-state index is 0.0106. The highest BCUT2D eigenvalue weighted by atomic mass is 79.9. The smallest absolute Gasteiger partial charge is 0.266 e. The van der Waals surface area contributed by atoms with E-state index in [4.69, 9.17) is 12.2 Å². The number of unbranched alkanes of at least 4 members (excludes halogenated alkanes) is 2. The van der Waals surface area contributed by atoms with Crippen LogP contribution in [0.3, 0.4) is 0 Å². The van der Waals surface area contributed by atoms with Crippen molar-refractivity contribution in [3.63, 3.8) is 0 Å². The molecule has 0 bridgehead atoms. The van der Waals surface area contributed by atoms with E-state index < -0.39 is 0 Å². The summed E-state index contributed by atoms with van der Waals surface area (Å²) >= 11 is 9.96. The average Bonchev–Trinajstić information content (AvgIpc) is 2.98. The van der Waals surface area contributed by atoms with Crippen LogP contribution in [0.15, 0.2) is 57.9 Å². The second-order valence-corrected chi connectivity index (χ2v) is 9.35. The van der Waals surface area contributed by atoms with Crippen molar-refractivity contribution in [1.29, 1.82) is 0 Å². The summed E-state index contributed by atoms with van der Waals surface area (Å²) in [6.07, 6.45) is 4.43. The number of phenols is 1. The third-order valence-electron chi connectivity index (χ3n) is 4.49. The molecule has 0 unspecified atom stereocenters. The Hall–Kier alpha value is -2.16. The van der Waals surface area contributed by atoms with Gasteiger partial charge in [-0.1, -0.05) is 64.5 Å². The largest absolute Gasteiger partial charge is 0.507 e. The van der Waals surface area contributed by atoms with Gasteiger partial charge in [-0.2, -0.15) is 0 Å². The van der Waals surface area contributed by atoms with Crippen molar-refractivity contribution >= 4 is 67.8 Å². The molecule has 0 radical (unpaired) electrons. The third kappa shape index (κ3) is 6.17. The summed E-state index contributed by atoms with van der Waals surface area (Å²) in [4.78, 5) is 26.7. The normalized spacial score (nSPS) is 15.1. The number of phenolic OH excluding ortho intramolecular Hbond substituents is 1. The van der Waals surface area contributed by atoms with E-state index in [-0.39, 0.29) is 17.6 Å². The number of aromatic hydroxyl groups is 1. The van der Waals surface area contributed by atoms with Crippen molar-refractivity contribution in [2.24, 2.45) is 0 Å². The molecule has 1 heterocycles. The van der Waals surface area contributed by atoms with Crippen LogP contribution in [0.4, 0.5) is 5.69 Å². The quantitative estimate of drug-likeness (QED) is 0.280. The van der Waals surface area contributed by atoms with Gasteiger partial charge in [0.2, 0.25) is 5.91 Å². The number of thioether (sulfide) groups is 1. The number of hydrogen-bond acceptors (Lipinski definition) is 5. The monoisotopic (exact) mass is 504 g/mol. The van der Waals surface area contributed by atoms with Gasteiger partial charge >= 0.3 is 0 Å². The van der Waals surface area contributed by atoms with Crippen LogP contribution in [0.25, 0.3) is 6.08 Å². The van der Waals surface area contributed by atoms with Crippen LogP contribution in [0.2, 0.25) is 0 Å². The summed E-state index contributed by atoms with van der Waals surface area (Å²) in [7, 11) is 0. The number of nitrogens with zero attached hydrogens (tertiary/aromatic N) is 1. The molecular formula is C22H21BrN2O3S2. The molecule has 0 saturated carbocycles. The Balaban J connectivity index is 1.45. The highest BCUT2D eigenvalue weighted by Crippen LogP contribution is 2.35. The topological polar surface area (TPSA) is 69.6 Å². The second-order valence-electron chi connectivity index (χ2n) is 6.76. The lowest BCUT2D eigenvalue weighted by Gasteiger charge is -2.14. The minimum atomic E-state index is -0.147. The molecule has 8 heteroatoms. The molecule has 2 aromatic carbocycles. The molecule has 1 fully saturated rings.